The maximum absolute atomic E-state index is 11.3. The lowest BCUT2D eigenvalue weighted by atomic mass is 10.1. The fourth-order valence-corrected chi connectivity index (χ4v) is 1.34. The van der Waals surface area contributed by atoms with Crippen LogP contribution in [0.15, 0.2) is 0 Å². The molecule has 0 N–H and O–H groups in total. The highest BCUT2D eigenvalue weighted by Gasteiger charge is 2.34. The Morgan fingerprint density at radius 3 is 2.79 bits per heavy atom. The number of hydrogen-bond donors (Lipinski definition) is 0. The van der Waals surface area contributed by atoms with Crippen molar-refractivity contribution in [2.45, 2.75) is 25.6 Å². The van der Waals surface area contributed by atoms with Crippen LogP contribution in [-0.2, 0) is 29.3 Å². The number of carbonyl (C=O) groups is 1. The van der Waals surface area contributed by atoms with Crippen molar-refractivity contribution in [1.82, 2.24) is 0 Å². The summed E-state index contributed by atoms with van der Waals surface area (Å²) in [4.78, 5) is 11.3. The molecule has 5 nitrogen and oxygen atoms in total. The molecule has 0 saturated carbocycles. The molecule has 2 unspecified atom stereocenters. The van der Waals surface area contributed by atoms with Crippen LogP contribution in [-0.4, -0.2) is 28.5 Å². The molecule has 1 aliphatic rings. The van der Waals surface area contributed by atoms with E-state index in [1.54, 1.807) is 13.8 Å². The van der Waals surface area contributed by atoms with Crippen molar-refractivity contribution in [1.29, 1.82) is 0 Å². The van der Waals surface area contributed by atoms with Crippen LogP contribution in [0, 0.1) is 12.3 Å². The van der Waals surface area contributed by atoms with E-state index in [-0.39, 0.29) is 6.61 Å². The Morgan fingerprint density at radius 1 is 1.71 bits per heavy atom. The van der Waals surface area contributed by atoms with E-state index in [1.165, 1.54) is 0 Å². The first-order valence-electron chi connectivity index (χ1n) is 3.87. The van der Waals surface area contributed by atoms with Crippen LogP contribution in [0.1, 0.15) is 13.8 Å². The minimum atomic E-state index is -1.86. The molecule has 0 spiro atoms. The third-order valence-electron chi connectivity index (χ3n) is 1.48. The van der Waals surface area contributed by atoms with Gasteiger partial charge in [0.05, 0.1) is 0 Å². The molecule has 1 aliphatic heterocycles. The number of terminal acetylenes is 1. The molecule has 0 bridgehead atoms. The standard InChI is InChI=1S/C8H10O5S/c1-4-8(2,3)12-7(9)6-5-11-14(10)13-6/h1,6H,5H2,2-3H3. The zero-order valence-electron chi connectivity index (χ0n) is 7.81. The average Bonchev–Trinajstić information content (AvgIpc) is 2.51. The first-order chi connectivity index (χ1) is 6.44. The van der Waals surface area contributed by atoms with Crippen molar-refractivity contribution in [2.75, 3.05) is 6.61 Å². The van der Waals surface area contributed by atoms with Gasteiger partial charge in [-0.3, -0.25) is 8.37 Å². The van der Waals surface area contributed by atoms with Crippen molar-refractivity contribution in [3.8, 4) is 12.3 Å². The summed E-state index contributed by atoms with van der Waals surface area (Å²) in [6.45, 7) is 3.06. The minimum absolute atomic E-state index is 0.0773. The summed E-state index contributed by atoms with van der Waals surface area (Å²) in [6, 6.07) is 0. The predicted octanol–water partition coefficient (Wildman–Crippen LogP) is -0.0645. The largest absolute Gasteiger partial charge is 0.444 e. The average molecular weight is 218 g/mol. The second-order valence-electron chi connectivity index (χ2n) is 3.15. The van der Waals surface area contributed by atoms with Gasteiger partial charge in [-0.1, -0.05) is 5.92 Å². The van der Waals surface area contributed by atoms with Crippen LogP contribution in [0.2, 0.25) is 0 Å². The number of ether oxygens (including phenoxy) is 1. The van der Waals surface area contributed by atoms with Gasteiger partial charge in [-0.25, -0.2) is 4.79 Å². The summed E-state index contributed by atoms with van der Waals surface area (Å²) >= 11 is -1.86. The molecular formula is C8H10O5S. The molecule has 78 valence electrons. The van der Waals surface area contributed by atoms with Crippen LogP contribution in [0.3, 0.4) is 0 Å². The van der Waals surface area contributed by atoms with Gasteiger partial charge in [0.15, 0.2) is 11.7 Å². The molecule has 1 heterocycles. The Morgan fingerprint density at radius 2 is 2.36 bits per heavy atom. The van der Waals surface area contributed by atoms with E-state index in [4.69, 9.17) is 11.2 Å². The highest BCUT2D eigenvalue weighted by atomic mass is 32.2. The van der Waals surface area contributed by atoms with E-state index in [2.05, 4.69) is 14.3 Å². The van der Waals surface area contributed by atoms with Gasteiger partial charge in [-0.05, 0) is 13.8 Å². The highest BCUT2D eigenvalue weighted by molar-refractivity contribution is 7.75. The van der Waals surface area contributed by atoms with Crippen molar-refractivity contribution >= 4 is 17.3 Å². The molecular weight excluding hydrogens is 208 g/mol. The van der Waals surface area contributed by atoms with Crippen molar-refractivity contribution in [3.05, 3.63) is 0 Å². The predicted molar refractivity (Wildman–Crippen MR) is 48.0 cm³/mol. The van der Waals surface area contributed by atoms with Crippen LogP contribution < -0.4 is 0 Å². The van der Waals surface area contributed by atoms with E-state index in [0.717, 1.165) is 0 Å². The first kappa shape index (κ1) is 11.2. The normalized spacial score (nSPS) is 26.9. The van der Waals surface area contributed by atoms with E-state index >= 15 is 0 Å². The van der Waals surface area contributed by atoms with E-state index in [1.807, 2.05) is 0 Å². The van der Waals surface area contributed by atoms with Gasteiger partial charge in [0.25, 0.3) is 0 Å². The lowest BCUT2D eigenvalue weighted by Crippen LogP contribution is -2.34. The van der Waals surface area contributed by atoms with Crippen LogP contribution in [0.25, 0.3) is 0 Å². The maximum Gasteiger partial charge on any atom is 0.340 e. The van der Waals surface area contributed by atoms with Crippen molar-refractivity contribution < 1.29 is 22.1 Å². The van der Waals surface area contributed by atoms with Crippen LogP contribution in [0.4, 0.5) is 0 Å². The third-order valence-corrected chi connectivity index (χ3v) is 2.19. The third kappa shape index (κ3) is 2.80. The molecule has 2 atom stereocenters. The summed E-state index contributed by atoms with van der Waals surface area (Å²) in [5.74, 6) is 1.62. The molecule has 0 aliphatic carbocycles. The van der Waals surface area contributed by atoms with Gasteiger partial charge in [0.2, 0.25) is 0 Å². The first-order valence-corrected chi connectivity index (χ1v) is 4.87. The SMILES string of the molecule is C#CC(C)(C)OC(=O)C1COS(=O)O1. The summed E-state index contributed by atoms with van der Waals surface area (Å²) in [5, 5.41) is 0. The molecule has 1 rings (SSSR count). The van der Waals surface area contributed by atoms with Gasteiger partial charge < -0.3 is 4.74 Å². The van der Waals surface area contributed by atoms with Gasteiger partial charge in [-0.15, -0.1) is 6.42 Å². The fourth-order valence-electron chi connectivity index (χ4n) is 0.722. The molecule has 0 aromatic heterocycles. The Labute approximate surface area is 84.6 Å². The highest BCUT2D eigenvalue weighted by Crippen LogP contribution is 2.14. The summed E-state index contributed by atoms with van der Waals surface area (Å²) in [6.07, 6.45) is 4.17. The number of esters is 1. The molecule has 0 radical (unpaired) electrons. The number of carbonyl (C=O) groups excluding carboxylic acids is 1. The Bertz CT molecular complexity index is 303. The van der Waals surface area contributed by atoms with Crippen LogP contribution in [0.5, 0.6) is 0 Å². The zero-order chi connectivity index (χ0) is 10.8. The van der Waals surface area contributed by atoms with Crippen molar-refractivity contribution in [2.24, 2.45) is 0 Å². The van der Waals surface area contributed by atoms with Crippen molar-refractivity contribution in [3.63, 3.8) is 0 Å². The lowest BCUT2D eigenvalue weighted by Gasteiger charge is -2.19. The molecule has 1 saturated heterocycles. The summed E-state index contributed by atoms with van der Waals surface area (Å²) in [5.41, 5.74) is -0.996. The smallest absolute Gasteiger partial charge is 0.340 e. The number of rotatable bonds is 2. The molecule has 6 heteroatoms. The monoisotopic (exact) mass is 218 g/mol. The Balaban J connectivity index is 2.52. The van der Waals surface area contributed by atoms with Gasteiger partial charge in [-0.2, -0.15) is 4.21 Å². The molecule has 0 aromatic carbocycles. The quantitative estimate of drug-likeness (QED) is 0.480. The zero-order valence-corrected chi connectivity index (χ0v) is 8.63. The van der Waals surface area contributed by atoms with E-state index in [9.17, 15) is 9.00 Å². The molecule has 0 amide bonds. The van der Waals surface area contributed by atoms with Gasteiger partial charge >= 0.3 is 17.3 Å². The summed E-state index contributed by atoms with van der Waals surface area (Å²) in [7, 11) is 0. The Kier molecular flexibility index (Phi) is 3.26. The topological polar surface area (TPSA) is 61.8 Å². The lowest BCUT2D eigenvalue weighted by molar-refractivity contribution is -0.159. The van der Waals surface area contributed by atoms with Gasteiger partial charge in [0.1, 0.15) is 6.61 Å². The second-order valence-corrected chi connectivity index (χ2v) is 3.99. The molecule has 0 aromatic rings. The molecule has 14 heavy (non-hydrogen) atoms. The fraction of sp³-hybridized carbons (Fsp3) is 0.625. The van der Waals surface area contributed by atoms with Crippen LogP contribution >= 0.6 is 0 Å². The second kappa shape index (κ2) is 4.09. The number of hydrogen-bond acceptors (Lipinski definition) is 5. The Hall–Kier alpha value is -0.900. The van der Waals surface area contributed by atoms with E-state index in [0.29, 0.717) is 0 Å². The van der Waals surface area contributed by atoms with Gasteiger partial charge in [0, 0.05) is 0 Å². The van der Waals surface area contributed by atoms with E-state index < -0.39 is 29.0 Å². The minimum Gasteiger partial charge on any atom is -0.444 e. The summed E-state index contributed by atoms with van der Waals surface area (Å²) < 4.78 is 24.7. The molecule has 1 fully saturated rings. The maximum atomic E-state index is 11.3.